The number of anilines is 1. The summed E-state index contributed by atoms with van der Waals surface area (Å²) in [7, 11) is 1.70. The van der Waals surface area contributed by atoms with Crippen LogP contribution in [0, 0.1) is 0 Å². The van der Waals surface area contributed by atoms with Crippen molar-refractivity contribution in [3.8, 4) is 5.75 Å². The minimum Gasteiger partial charge on any atom is -0.495 e. The van der Waals surface area contributed by atoms with Crippen molar-refractivity contribution < 1.29 is 9.53 Å². The molecule has 0 aromatic heterocycles. The molecule has 142 valence electrons. The lowest BCUT2D eigenvalue weighted by molar-refractivity contribution is 0.0996. The molecule has 2 aliphatic rings. The molecule has 0 radical (unpaired) electrons. The Balaban J connectivity index is 1.74. The molecular weight excluding hydrogens is 334 g/mol. The Labute approximate surface area is 162 Å². The van der Waals surface area contributed by atoms with Crippen LogP contribution < -0.4 is 9.64 Å². The van der Waals surface area contributed by atoms with Crippen molar-refractivity contribution in [1.82, 2.24) is 0 Å². The lowest BCUT2D eigenvalue weighted by Gasteiger charge is -2.21. The number of nitrogens with zero attached hydrogens (tertiary/aromatic N) is 1. The van der Waals surface area contributed by atoms with E-state index in [1.165, 1.54) is 36.0 Å². The van der Waals surface area contributed by atoms with Gasteiger partial charge in [0.25, 0.3) is 5.91 Å². The van der Waals surface area contributed by atoms with Gasteiger partial charge in [0.1, 0.15) is 5.75 Å². The molecule has 0 atom stereocenters. The van der Waals surface area contributed by atoms with Gasteiger partial charge >= 0.3 is 0 Å². The van der Waals surface area contributed by atoms with Gasteiger partial charge in [-0.05, 0) is 71.6 Å². The van der Waals surface area contributed by atoms with Gasteiger partial charge in [0.05, 0.1) is 19.3 Å². The summed E-state index contributed by atoms with van der Waals surface area (Å²) in [5.74, 6) is 0.899. The summed E-state index contributed by atoms with van der Waals surface area (Å²) >= 11 is 0. The van der Waals surface area contributed by atoms with Crippen molar-refractivity contribution in [2.75, 3.05) is 12.0 Å². The summed E-state index contributed by atoms with van der Waals surface area (Å²) in [4.78, 5) is 15.1. The molecule has 2 aromatic rings. The highest BCUT2D eigenvalue weighted by Crippen LogP contribution is 2.39. The smallest absolute Gasteiger partial charge is 0.259 e. The van der Waals surface area contributed by atoms with Gasteiger partial charge in [0.15, 0.2) is 0 Å². The standard InChI is InChI=1S/C24H29NO2/c1-24(2,3)19-11-10-18-15-25(23(26)20(18)14-19)21-12-16-8-6-5-7-9-17(16)13-22(21)27-4/h10-14H,5-9,15H2,1-4H3. The number of methoxy groups -OCH3 is 1. The van der Waals surface area contributed by atoms with Crippen molar-refractivity contribution >= 4 is 11.6 Å². The molecule has 1 heterocycles. The molecule has 0 saturated heterocycles. The third kappa shape index (κ3) is 3.24. The first-order valence-corrected chi connectivity index (χ1v) is 10.0. The molecule has 3 heteroatoms. The third-order valence-corrected chi connectivity index (χ3v) is 5.96. The minimum atomic E-state index is 0.0322. The van der Waals surface area contributed by atoms with E-state index in [0.717, 1.165) is 35.4 Å². The Morgan fingerprint density at radius 1 is 0.926 bits per heavy atom. The lowest BCUT2D eigenvalue weighted by Crippen LogP contribution is -2.24. The summed E-state index contributed by atoms with van der Waals surface area (Å²) in [5.41, 5.74) is 6.84. The summed E-state index contributed by atoms with van der Waals surface area (Å²) in [6, 6.07) is 10.7. The topological polar surface area (TPSA) is 29.5 Å². The predicted molar refractivity (Wildman–Crippen MR) is 110 cm³/mol. The Morgan fingerprint density at radius 2 is 1.63 bits per heavy atom. The summed E-state index contributed by atoms with van der Waals surface area (Å²) in [6.07, 6.45) is 5.93. The lowest BCUT2D eigenvalue weighted by atomic mass is 9.85. The molecule has 0 spiro atoms. The highest BCUT2D eigenvalue weighted by Gasteiger charge is 2.32. The maximum Gasteiger partial charge on any atom is 0.259 e. The van der Waals surface area contributed by atoms with Gasteiger partial charge in [0, 0.05) is 5.56 Å². The van der Waals surface area contributed by atoms with Crippen LogP contribution >= 0.6 is 0 Å². The van der Waals surface area contributed by atoms with E-state index in [2.05, 4.69) is 51.1 Å². The molecule has 27 heavy (non-hydrogen) atoms. The number of amides is 1. The Morgan fingerprint density at radius 3 is 2.30 bits per heavy atom. The largest absolute Gasteiger partial charge is 0.495 e. The second-order valence-corrected chi connectivity index (χ2v) is 8.87. The van der Waals surface area contributed by atoms with E-state index < -0.39 is 0 Å². The normalized spacial score (nSPS) is 16.7. The number of carbonyl (C=O) groups is 1. The van der Waals surface area contributed by atoms with Gasteiger partial charge in [0.2, 0.25) is 0 Å². The Bertz CT molecular complexity index is 892. The predicted octanol–water partition coefficient (Wildman–Crippen LogP) is 5.42. The van der Waals surface area contributed by atoms with Crippen molar-refractivity contribution in [2.45, 2.75) is 64.8 Å². The van der Waals surface area contributed by atoms with Crippen molar-refractivity contribution in [1.29, 1.82) is 0 Å². The monoisotopic (exact) mass is 363 g/mol. The first-order chi connectivity index (χ1) is 12.9. The van der Waals surface area contributed by atoms with Crippen molar-refractivity contribution in [3.05, 3.63) is 58.1 Å². The van der Waals surface area contributed by atoms with E-state index >= 15 is 0 Å². The summed E-state index contributed by atoms with van der Waals surface area (Å²) in [5, 5.41) is 0. The SMILES string of the molecule is COc1cc2c(cc1N1Cc3ccc(C(C)(C)C)cc3C1=O)CCCCC2. The van der Waals surface area contributed by atoms with Crippen LogP contribution in [0.3, 0.4) is 0 Å². The fourth-order valence-electron chi connectivity index (χ4n) is 4.26. The van der Waals surface area contributed by atoms with Gasteiger partial charge in [-0.2, -0.15) is 0 Å². The van der Waals surface area contributed by atoms with E-state index in [9.17, 15) is 4.79 Å². The number of hydrogen-bond donors (Lipinski definition) is 0. The molecule has 0 bridgehead atoms. The summed E-state index contributed by atoms with van der Waals surface area (Å²) in [6.45, 7) is 7.16. The van der Waals surface area contributed by atoms with Crippen LogP contribution in [-0.4, -0.2) is 13.0 Å². The quantitative estimate of drug-likeness (QED) is 0.667. The van der Waals surface area contributed by atoms with E-state index in [4.69, 9.17) is 4.74 Å². The molecule has 1 aliphatic heterocycles. The van der Waals surface area contributed by atoms with Crippen LogP contribution in [-0.2, 0) is 24.8 Å². The van der Waals surface area contributed by atoms with Crippen molar-refractivity contribution in [2.24, 2.45) is 0 Å². The first kappa shape index (κ1) is 18.1. The van der Waals surface area contributed by atoms with Crippen LogP contribution in [0.15, 0.2) is 30.3 Å². The highest BCUT2D eigenvalue weighted by atomic mass is 16.5. The number of aryl methyl sites for hydroxylation is 2. The number of ether oxygens (including phenoxy) is 1. The summed E-state index contributed by atoms with van der Waals surface area (Å²) < 4.78 is 5.70. The third-order valence-electron chi connectivity index (χ3n) is 5.96. The number of fused-ring (bicyclic) bond motifs is 2. The van der Waals surface area contributed by atoms with Gasteiger partial charge in [-0.25, -0.2) is 0 Å². The fourth-order valence-corrected chi connectivity index (χ4v) is 4.26. The average Bonchev–Trinajstić information content (AvgIpc) is 2.81. The molecular formula is C24H29NO2. The Hall–Kier alpha value is -2.29. The van der Waals surface area contributed by atoms with Crippen LogP contribution in [0.4, 0.5) is 5.69 Å². The zero-order valence-corrected chi connectivity index (χ0v) is 16.9. The molecule has 4 rings (SSSR count). The maximum atomic E-state index is 13.3. The van der Waals surface area contributed by atoms with Crippen molar-refractivity contribution in [3.63, 3.8) is 0 Å². The van der Waals surface area contributed by atoms with Crippen LogP contribution in [0.2, 0.25) is 0 Å². The van der Waals surface area contributed by atoms with E-state index in [1.807, 2.05) is 4.90 Å². The number of rotatable bonds is 2. The number of carbonyl (C=O) groups excluding carboxylic acids is 1. The molecule has 0 N–H and O–H groups in total. The van der Waals surface area contributed by atoms with Gasteiger partial charge in [-0.3, -0.25) is 4.79 Å². The molecule has 1 aliphatic carbocycles. The van der Waals surface area contributed by atoms with Crippen LogP contribution in [0.5, 0.6) is 5.75 Å². The van der Waals surface area contributed by atoms with Gasteiger partial charge < -0.3 is 9.64 Å². The molecule has 1 amide bonds. The molecule has 0 fully saturated rings. The van der Waals surface area contributed by atoms with Gasteiger partial charge in [-0.15, -0.1) is 0 Å². The number of hydrogen-bond acceptors (Lipinski definition) is 2. The minimum absolute atomic E-state index is 0.0322. The molecule has 0 unspecified atom stereocenters. The van der Waals surface area contributed by atoms with E-state index in [1.54, 1.807) is 7.11 Å². The van der Waals surface area contributed by atoms with E-state index in [-0.39, 0.29) is 11.3 Å². The maximum absolute atomic E-state index is 13.3. The second-order valence-electron chi connectivity index (χ2n) is 8.87. The Kier molecular flexibility index (Phi) is 4.49. The van der Waals surface area contributed by atoms with Gasteiger partial charge in [-0.1, -0.05) is 39.3 Å². The average molecular weight is 364 g/mol. The van der Waals surface area contributed by atoms with Crippen LogP contribution in [0.1, 0.15) is 72.6 Å². The number of benzene rings is 2. The first-order valence-electron chi connectivity index (χ1n) is 10.0. The zero-order chi connectivity index (χ0) is 19.2. The zero-order valence-electron chi connectivity index (χ0n) is 16.9. The molecule has 0 saturated carbocycles. The second kappa shape index (κ2) is 6.70. The fraction of sp³-hybridized carbons (Fsp3) is 0.458. The van der Waals surface area contributed by atoms with Crippen LogP contribution in [0.25, 0.3) is 0 Å². The highest BCUT2D eigenvalue weighted by molar-refractivity contribution is 6.10. The molecule has 3 nitrogen and oxygen atoms in total. The van der Waals surface area contributed by atoms with E-state index in [0.29, 0.717) is 6.54 Å². The molecule has 2 aromatic carbocycles.